The molecule has 0 aliphatic carbocycles. The van der Waals surface area contributed by atoms with Gasteiger partial charge >= 0.3 is 5.97 Å². The van der Waals surface area contributed by atoms with Crippen LogP contribution in [0.15, 0.2) is 36.4 Å². The molecule has 0 bridgehead atoms. The van der Waals surface area contributed by atoms with Gasteiger partial charge in [-0.1, -0.05) is 45.9 Å². The molecule has 1 aliphatic rings. The number of ether oxygens (including phenoxy) is 2. The van der Waals surface area contributed by atoms with Crippen molar-refractivity contribution in [1.29, 1.82) is 0 Å². The molecule has 1 N–H and O–H groups in total. The van der Waals surface area contributed by atoms with Crippen LogP contribution in [0.3, 0.4) is 0 Å². The summed E-state index contributed by atoms with van der Waals surface area (Å²) in [5, 5.41) is 1.27. The fourth-order valence-electron chi connectivity index (χ4n) is 5.53. The Morgan fingerprint density at radius 2 is 1.88 bits per heavy atom. The highest BCUT2D eigenvalue weighted by atomic mass is 28.4. The van der Waals surface area contributed by atoms with Crippen LogP contribution < -0.4 is 4.74 Å². The maximum atomic E-state index is 15.9. The van der Waals surface area contributed by atoms with Crippen molar-refractivity contribution < 1.29 is 23.1 Å². The lowest BCUT2D eigenvalue weighted by atomic mass is 9.86. The van der Waals surface area contributed by atoms with E-state index in [0.29, 0.717) is 31.1 Å². The van der Waals surface area contributed by atoms with Gasteiger partial charge in [-0.3, -0.25) is 9.69 Å². The summed E-state index contributed by atoms with van der Waals surface area (Å²) >= 11 is 0. The molecule has 8 heteroatoms. The van der Waals surface area contributed by atoms with Crippen molar-refractivity contribution >= 4 is 25.2 Å². The molecule has 1 aliphatic heterocycles. The number of hydrogen-bond donors (Lipinski definition) is 1. The molecule has 3 aromatic rings. The highest BCUT2D eigenvalue weighted by Crippen LogP contribution is 2.44. The summed E-state index contributed by atoms with van der Waals surface area (Å²) in [7, 11) is -0.485. The third kappa shape index (κ3) is 5.85. The van der Waals surface area contributed by atoms with Crippen LogP contribution in [0, 0.1) is 18.7 Å². The lowest BCUT2D eigenvalue weighted by molar-refractivity contribution is -0.145. The molecule has 2 heterocycles. The van der Waals surface area contributed by atoms with Gasteiger partial charge in [0.05, 0.1) is 25.7 Å². The van der Waals surface area contributed by atoms with Crippen molar-refractivity contribution in [2.24, 2.45) is 5.92 Å². The van der Waals surface area contributed by atoms with Gasteiger partial charge in [0, 0.05) is 34.7 Å². The summed E-state index contributed by atoms with van der Waals surface area (Å²) in [5.41, 5.74) is 4.52. The summed E-state index contributed by atoms with van der Waals surface area (Å²) in [4.78, 5) is 18.3. The molecule has 4 rings (SSSR count). The third-order valence-corrected chi connectivity index (χ3v) is 13.4. The lowest BCUT2D eigenvalue weighted by Crippen LogP contribution is -2.46. The Bertz CT molecular complexity index is 1360. The Labute approximate surface area is 239 Å². The van der Waals surface area contributed by atoms with E-state index >= 15 is 4.39 Å². The highest BCUT2D eigenvalue weighted by molar-refractivity contribution is 6.74. The predicted molar refractivity (Wildman–Crippen MR) is 161 cm³/mol. The minimum absolute atomic E-state index is 0.0742. The van der Waals surface area contributed by atoms with Gasteiger partial charge in [-0.25, -0.2) is 4.39 Å². The first-order valence-corrected chi connectivity index (χ1v) is 17.2. The fourth-order valence-corrected chi connectivity index (χ4v) is 6.55. The highest BCUT2D eigenvalue weighted by Gasteiger charge is 2.40. The van der Waals surface area contributed by atoms with Crippen LogP contribution in [0.2, 0.25) is 18.1 Å². The van der Waals surface area contributed by atoms with E-state index in [1.54, 1.807) is 6.07 Å². The van der Waals surface area contributed by atoms with Gasteiger partial charge in [-0.15, -0.1) is 0 Å². The second-order valence-electron chi connectivity index (χ2n) is 12.7. The lowest BCUT2D eigenvalue weighted by Gasteiger charge is -2.42. The smallest absolute Gasteiger partial charge is 0.309 e. The summed E-state index contributed by atoms with van der Waals surface area (Å²) < 4.78 is 33.4. The molecule has 1 aromatic heterocycles. The molecule has 0 unspecified atom stereocenters. The number of esters is 1. The topological polar surface area (TPSA) is 63.8 Å². The van der Waals surface area contributed by atoms with Crippen molar-refractivity contribution in [3.05, 3.63) is 64.6 Å². The number of halogens is 1. The minimum Gasteiger partial charge on any atom is -0.491 e. The Morgan fingerprint density at radius 1 is 1.18 bits per heavy atom. The van der Waals surface area contributed by atoms with Crippen LogP contribution in [0.25, 0.3) is 10.9 Å². The first-order valence-electron chi connectivity index (χ1n) is 14.3. The van der Waals surface area contributed by atoms with Gasteiger partial charge in [0.2, 0.25) is 0 Å². The predicted octanol–water partition coefficient (Wildman–Crippen LogP) is 7.16. The Balaban J connectivity index is 1.72. The summed E-state index contributed by atoms with van der Waals surface area (Å²) in [6, 6.07) is 11.1. The quantitative estimate of drug-likeness (QED) is 0.169. The first-order chi connectivity index (χ1) is 18.8. The number of fused-ring (bicyclic) bond motifs is 3. The average molecular weight is 569 g/mol. The zero-order valence-electron chi connectivity index (χ0n) is 25.5. The SMILES string of the molecule is COC(=O)[C@@H](C)CN1[C@H](c2c(F)ccc(OCCO[Si](C)(C)C(C)(C)C)c2C)c2[nH]c3ccccc3c2C[C@H]1C. The van der Waals surface area contributed by atoms with E-state index in [9.17, 15) is 4.79 Å². The number of hydrogen-bond acceptors (Lipinski definition) is 5. The zero-order chi connectivity index (χ0) is 29.4. The van der Waals surface area contributed by atoms with E-state index in [4.69, 9.17) is 13.9 Å². The fraction of sp³-hybridized carbons (Fsp3) is 0.531. The maximum Gasteiger partial charge on any atom is 0.309 e. The van der Waals surface area contributed by atoms with Crippen LogP contribution in [-0.2, 0) is 20.4 Å². The minimum atomic E-state index is -1.89. The van der Waals surface area contributed by atoms with Crippen molar-refractivity contribution in [3.63, 3.8) is 0 Å². The monoisotopic (exact) mass is 568 g/mol. The summed E-state index contributed by atoms with van der Waals surface area (Å²) in [6.07, 6.45) is 0.797. The standard InChI is InChI=1S/C32H45FN2O4Si/c1-20(31(36)37-7)19-35-21(2)18-24-23-12-10-11-13-26(23)34-29(24)30(35)28-22(3)27(15-14-25(28)33)38-16-17-39-40(8,9)32(4,5)6/h10-15,20-21,30,34H,16-19H2,1-9H3/t20-,21+,30+/m0/s1. The van der Waals surface area contributed by atoms with Crippen LogP contribution >= 0.6 is 0 Å². The molecule has 0 saturated heterocycles. The van der Waals surface area contributed by atoms with E-state index in [1.807, 2.05) is 26.0 Å². The zero-order valence-corrected chi connectivity index (χ0v) is 26.5. The van der Waals surface area contributed by atoms with E-state index in [-0.39, 0.29) is 28.8 Å². The molecule has 0 saturated carbocycles. The van der Waals surface area contributed by atoms with E-state index in [2.05, 4.69) is 62.8 Å². The number of H-pyrrole nitrogens is 1. The number of carbonyl (C=O) groups excluding carboxylic acids is 1. The van der Waals surface area contributed by atoms with Gasteiger partial charge in [0.15, 0.2) is 8.32 Å². The number of nitrogens with one attached hydrogen (secondary N) is 1. The first kappa shape index (κ1) is 30.3. The second-order valence-corrected chi connectivity index (χ2v) is 17.5. The van der Waals surface area contributed by atoms with Crippen LogP contribution in [0.4, 0.5) is 4.39 Å². The number of rotatable bonds is 9. The number of para-hydroxylation sites is 1. The summed E-state index contributed by atoms with van der Waals surface area (Å²) in [5.74, 6) is -0.283. The molecular formula is C32H45FN2O4Si. The molecule has 218 valence electrons. The van der Waals surface area contributed by atoms with Crippen LogP contribution in [0.5, 0.6) is 5.75 Å². The van der Waals surface area contributed by atoms with Crippen molar-refractivity contribution in [1.82, 2.24) is 9.88 Å². The third-order valence-electron chi connectivity index (χ3n) is 8.90. The van der Waals surface area contributed by atoms with E-state index in [1.165, 1.54) is 18.7 Å². The van der Waals surface area contributed by atoms with Crippen LogP contribution in [-0.4, -0.2) is 57.1 Å². The average Bonchev–Trinajstić information content (AvgIpc) is 3.26. The van der Waals surface area contributed by atoms with Gasteiger partial charge in [-0.05, 0) is 67.7 Å². The molecule has 0 spiro atoms. The normalized spacial score (nSPS) is 18.9. The number of aromatic nitrogens is 1. The number of benzene rings is 2. The van der Waals surface area contributed by atoms with Gasteiger partial charge in [0.1, 0.15) is 18.2 Å². The molecule has 6 nitrogen and oxygen atoms in total. The molecular weight excluding hydrogens is 523 g/mol. The van der Waals surface area contributed by atoms with E-state index < -0.39 is 14.4 Å². The Hall–Kier alpha value is -2.68. The number of aromatic amines is 1. The number of nitrogens with zero attached hydrogens (tertiary/aromatic N) is 1. The van der Waals surface area contributed by atoms with Crippen LogP contribution in [0.1, 0.15) is 63.0 Å². The molecule has 40 heavy (non-hydrogen) atoms. The molecule has 0 fully saturated rings. The van der Waals surface area contributed by atoms with Crippen molar-refractivity contribution in [2.45, 2.75) is 78.2 Å². The summed E-state index contributed by atoms with van der Waals surface area (Å²) in [6.45, 7) is 18.3. The molecule has 0 radical (unpaired) electrons. The number of methoxy groups -OCH3 is 1. The van der Waals surface area contributed by atoms with Crippen molar-refractivity contribution in [3.8, 4) is 5.75 Å². The molecule has 0 amide bonds. The Morgan fingerprint density at radius 3 is 2.55 bits per heavy atom. The van der Waals surface area contributed by atoms with Gasteiger partial charge in [0.25, 0.3) is 0 Å². The molecule has 3 atom stereocenters. The van der Waals surface area contributed by atoms with Crippen molar-refractivity contribution in [2.75, 3.05) is 26.9 Å². The Kier molecular flexibility index (Phi) is 8.83. The maximum absolute atomic E-state index is 15.9. The number of carbonyl (C=O) groups is 1. The van der Waals surface area contributed by atoms with Gasteiger partial charge < -0.3 is 18.9 Å². The van der Waals surface area contributed by atoms with E-state index in [0.717, 1.165) is 28.6 Å². The largest absolute Gasteiger partial charge is 0.491 e. The molecule has 2 aromatic carbocycles. The second kappa shape index (κ2) is 11.7. The van der Waals surface area contributed by atoms with Gasteiger partial charge in [-0.2, -0.15) is 0 Å².